The minimum atomic E-state index is -0.0892. The molecule has 0 aliphatic carbocycles. The lowest BCUT2D eigenvalue weighted by molar-refractivity contribution is 0.0746. The van der Waals surface area contributed by atoms with E-state index in [1.165, 1.54) is 11.3 Å². The monoisotopic (exact) mass is 352 g/mol. The predicted octanol–water partition coefficient (Wildman–Crippen LogP) is 3.56. The molecule has 26 heavy (non-hydrogen) atoms. The van der Waals surface area contributed by atoms with Gasteiger partial charge in [0.15, 0.2) is 0 Å². The highest BCUT2D eigenvalue weighted by molar-refractivity contribution is 5.95. The number of hydrogen-bond donors (Lipinski definition) is 1. The van der Waals surface area contributed by atoms with Crippen molar-refractivity contribution in [3.05, 3.63) is 53.7 Å². The van der Waals surface area contributed by atoms with Crippen molar-refractivity contribution in [2.45, 2.75) is 33.2 Å². The van der Waals surface area contributed by atoms with Gasteiger partial charge in [-0.05, 0) is 57.5 Å². The second-order valence-corrected chi connectivity index (χ2v) is 7.92. The van der Waals surface area contributed by atoms with Crippen LogP contribution in [0.25, 0.3) is 0 Å². The maximum atomic E-state index is 12.9. The van der Waals surface area contributed by atoms with Crippen molar-refractivity contribution in [2.75, 3.05) is 36.4 Å². The van der Waals surface area contributed by atoms with Crippen LogP contribution in [0.1, 0.15) is 36.7 Å². The van der Waals surface area contributed by atoms with Gasteiger partial charge < -0.3 is 15.1 Å². The Kier molecular flexibility index (Phi) is 5.16. The van der Waals surface area contributed by atoms with Gasteiger partial charge in [-0.15, -0.1) is 0 Å². The van der Waals surface area contributed by atoms with Crippen molar-refractivity contribution in [2.24, 2.45) is 0 Å². The largest absolute Gasteiger partial charge is 0.368 e. The summed E-state index contributed by atoms with van der Waals surface area (Å²) in [6.07, 6.45) is 1.70. The van der Waals surface area contributed by atoms with Gasteiger partial charge >= 0.3 is 0 Å². The summed E-state index contributed by atoms with van der Waals surface area (Å²) >= 11 is 0. The summed E-state index contributed by atoms with van der Waals surface area (Å²) in [5, 5.41) is 3.32. The molecule has 1 aromatic heterocycles. The molecule has 1 aliphatic heterocycles. The van der Waals surface area contributed by atoms with Crippen LogP contribution in [0, 0.1) is 6.92 Å². The molecule has 0 atom stereocenters. The predicted molar refractivity (Wildman–Crippen MR) is 107 cm³/mol. The van der Waals surface area contributed by atoms with Crippen LogP contribution in [0.5, 0.6) is 0 Å². The van der Waals surface area contributed by atoms with Gasteiger partial charge in [-0.1, -0.05) is 12.1 Å². The van der Waals surface area contributed by atoms with Crippen molar-refractivity contribution in [3.8, 4) is 0 Å². The third-order valence-corrected chi connectivity index (χ3v) is 4.44. The number of nitrogens with zero attached hydrogens (tertiary/aromatic N) is 3. The van der Waals surface area contributed by atoms with Gasteiger partial charge in [0.25, 0.3) is 5.91 Å². The molecule has 0 spiro atoms. The Balaban J connectivity index is 1.64. The van der Waals surface area contributed by atoms with Gasteiger partial charge in [-0.25, -0.2) is 4.98 Å². The van der Waals surface area contributed by atoms with Crippen molar-refractivity contribution < 1.29 is 4.79 Å². The molecule has 1 saturated heterocycles. The van der Waals surface area contributed by atoms with E-state index in [1.807, 2.05) is 11.0 Å². The number of anilines is 2. The Labute approximate surface area is 156 Å². The molecule has 2 aromatic rings. The van der Waals surface area contributed by atoms with E-state index in [-0.39, 0.29) is 11.4 Å². The molecule has 138 valence electrons. The topological polar surface area (TPSA) is 48.5 Å². The Morgan fingerprint density at radius 2 is 1.81 bits per heavy atom. The van der Waals surface area contributed by atoms with E-state index in [4.69, 9.17) is 0 Å². The third-order valence-electron chi connectivity index (χ3n) is 4.44. The first kappa shape index (κ1) is 18.2. The quantitative estimate of drug-likeness (QED) is 0.917. The van der Waals surface area contributed by atoms with Crippen molar-refractivity contribution >= 4 is 17.4 Å². The molecular formula is C21H28N4O. The first-order valence-electron chi connectivity index (χ1n) is 9.17. The molecule has 5 nitrogen and oxygen atoms in total. The highest BCUT2D eigenvalue weighted by Gasteiger charge is 2.23. The normalized spacial score (nSPS) is 15.1. The standard InChI is InChI=1S/C21H28N4O/c1-16-6-5-7-18(14-16)24-10-12-25(13-11-24)20(26)17-8-9-22-19(15-17)23-21(2,3)4/h5-9,14-15H,10-13H2,1-4H3,(H,22,23). The van der Waals surface area contributed by atoms with Crippen LogP contribution in [-0.2, 0) is 0 Å². The average molecular weight is 352 g/mol. The summed E-state index contributed by atoms with van der Waals surface area (Å²) in [5.41, 5.74) is 3.10. The molecule has 0 radical (unpaired) electrons. The zero-order chi connectivity index (χ0) is 18.7. The smallest absolute Gasteiger partial charge is 0.254 e. The number of carbonyl (C=O) groups is 1. The summed E-state index contributed by atoms with van der Waals surface area (Å²) in [7, 11) is 0. The molecule has 1 fully saturated rings. The molecule has 0 bridgehead atoms. The lowest BCUT2D eigenvalue weighted by atomic mass is 10.1. The minimum absolute atomic E-state index is 0.0771. The molecule has 3 rings (SSSR count). The van der Waals surface area contributed by atoms with Crippen molar-refractivity contribution in [1.82, 2.24) is 9.88 Å². The van der Waals surface area contributed by atoms with Crippen LogP contribution >= 0.6 is 0 Å². The number of piperazine rings is 1. The number of aromatic nitrogens is 1. The van der Waals surface area contributed by atoms with E-state index in [1.54, 1.807) is 12.3 Å². The molecule has 1 aromatic carbocycles. The van der Waals surface area contributed by atoms with Crippen LogP contribution in [0.3, 0.4) is 0 Å². The number of hydrogen-bond acceptors (Lipinski definition) is 4. The number of aryl methyl sites for hydroxylation is 1. The second kappa shape index (κ2) is 7.36. The molecule has 0 saturated carbocycles. The van der Waals surface area contributed by atoms with Gasteiger partial charge in [0.2, 0.25) is 0 Å². The number of nitrogens with one attached hydrogen (secondary N) is 1. The van der Waals surface area contributed by atoms with Gasteiger partial charge in [0.05, 0.1) is 0 Å². The lowest BCUT2D eigenvalue weighted by Crippen LogP contribution is -2.48. The summed E-state index contributed by atoms with van der Waals surface area (Å²) in [6.45, 7) is 11.5. The fourth-order valence-corrected chi connectivity index (χ4v) is 3.19. The first-order chi connectivity index (χ1) is 12.3. The Morgan fingerprint density at radius 3 is 2.46 bits per heavy atom. The van der Waals surface area contributed by atoms with E-state index in [2.05, 4.69) is 67.2 Å². The summed E-state index contributed by atoms with van der Waals surface area (Å²) in [5.74, 6) is 0.815. The number of amides is 1. The molecule has 1 aliphatic rings. The van der Waals surface area contributed by atoms with Crippen LogP contribution in [0.2, 0.25) is 0 Å². The SMILES string of the molecule is Cc1cccc(N2CCN(C(=O)c3ccnc(NC(C)(C)C)c3)CC2)c1. The number of carbonyl (C=O) groups excluding carboxylic acids is 1. The molecular weight excluding hydrogens is 324 g/mol. The average Bonchev–Trinajstić information content (AvgIpc) is 2.60. The van der Waals surface area contributed by atoms with E-state index >= 15 is 0 Å². The highest BCUT2D eigenvalue weighted by atomic mass is 16.2. The third kappa shape index (κ3) is 4.54. The second-order valence-electron chi connectivity index (χ2n) is 7.92. The Bertz CT molecular complexity index is 774. The van der Waals surface area contributed by atoms with E-state index < -0.39 is 0 Å². The van der Waals surface area contributed by atoms with Crippen molar-refractivity contribution in [1.29, 1.82) is 0 Å². The zero-order valence-electron chi connectivity index (χ0n) is 16.1. The van der Waals surface area contributed by atoms with Crippen LogP contribution < -0.4 is 10.2 Å². The maximum absolute atomic E-state index is 12.9. The van der Waals surface area contributed by atoms with E-state index in [9.17, 15) is 4.79 Å². The minimum Gasteiger partial charge on any atom is -0.368 e. The van der Waals surface area contributed by atoms with Gasteiger partial charge in [-0.3, -0.25) is 4.79 Å². The van der Waals surface area contributed by atoms with Gasteiger partial charge in [0, 0.05) is 49.2 Å². The van der Waals surface area contributed by atoms with E-state index in [0.717, 1.165) is 32.0 Å². The van der Waals surface area contributed by atoms with Gasteiger partial charge in [0.1, 0.15) is 5.82 Å². The van der Waals surface area contributed by atoms with E-state index in [0.29, 0.717) is 5.56 Å². The molecule has 5 heteroatoms. The van der Waals surface area contributed by atoms with Gasteiger partial charge in [-0.2, -0.15) is 0 Å². The van der Waals surface area contributed by atoms with Crippen LogP contribution in [0.15, 0.2) is 42.6 Å². The first-order valence-corrected chi connectivity index (χ1v) is 9.17. The molecule has 0 unspecified atom stereocenters. The summed E-state index contributed by atoms with van der Waals surface area (Å²) in [4.78, 5) is 21.5. The highest BCUT2D eigenvalue weighted by Crippen LogP contribution is 2.19. The number of benzene rings is 1. The maximum Gasteiger partial charge on any atom is 0.254 e. The molecule has 2 heterocycles. The molecule has 1 N–H and O–H groups in total. The summed E-state index contributed by atoms with van der Waals surface area (Å²) < 4.78 is 0. The fourth-order valence-electron chi connectivity index (χ4n) is 3.19. The molecule has 1 amide bonds. The summed E-state index contributed by atoms with van der Waals surface area (Å²) in [6, 6.07) is 12.2. The Morgan fingerprint density at radius 1 is 1.08 bits per heavy atom. The van der Waals surface area contributed by atoms with Crippen LogP contribution in [0.4, 0.5) is 11.5 Å². The van der Waals surface area contributed by atoms with Crippen LogP contribution in [-0.4, -0.2) is 47.5 Å². The zero-order valence-corrected chi connectivity index (χ0v) is 16.1. The number of pyridine rings is 1. The fraction of sp³-hybridized carbons (Fsp3) is 0.429. The Hall–Kier alpha value is -2.56. The van der Waals surface area contributed by atoms with Crippen molar-refractivity contribution in [3.63, 3.8) is 0 Å². The number of rotatable bonds is 3. The lowest BCUT2D eigenvalue weighted by Gasteiger charge is -2.36.